The molecule has 1 fully saturated rings. The molecule has 0 radical (unpaired) electrons. The van der Waals surface area contributed by atoms with Gasteiger partial charge in [-0.2, -0.15) is 18.3 Å². The molecular weight excluding hydrogens is 473 g/mol. The molecule has 5 rings (SSSR count). The molecule has 9 nitrogen and oxygen atoms in total. The van der Waals surface area contributed by atoms with Crippen molar-refractivity contribution in [1.82, 2.24) is 24.3 Å². The molecule has 2 aliphatic rings. The van der Waals surface area contributed by atoms with Crippen molar-refractivity contribution in [2.45, 2.75) is 44.1 Å². The van der Waals surface area contributed by atoms with E-state index in [0.717, 1.165) is 30.4 Å². The molecule has 4 heterocycles. The molecule has 13 heteroatoms. The van der Waals surface area contributed by atoms with Crippen LogP contribution < -0.4 is 4.90 Å². The normalized spacial score (nSPS) is 16.4. The highest BCUT2D eigenvalue weighted by atomic mass is 32.2. The largest absolute Gasteiger partial charge is 0.417 e. The van der Waals surface area contributed by atoms with Crippen LogP contribution in [0, 0.1) is 5.92 Å². The molecule has 0 N–H and O–H groups in total. The minimum absolute atomic E-state index is 0.127. The van der Waals surface area contributed by atoms with Gasteiger partial charge in [-0.05, 0) is 24.8 Å². The number of nitrogens with zero attached hydrogens (tertiary/aromatic N) is 6. The Kier molecular flexibility index (Phi) is 5.08. The Morgan fingerprint density at radius 3 is 2.59 bits per heavy atom. The molecule has 180 valence electrons. The first-order valence-corrected chi connectivity index (χ1v) is 12.3. The number of sulfone groups is 1. The molecular formula is C21H21F3N6O3S. The van der Waals surface area contributed by atoms with Gasteiger partial charge in [0.2, 0.25) is 0 Å². The number of anilines is 1. The van der Waals surface area contributed by atoms with Crippen LogP contribution in [-0.4, -0.2) is 44.4 Å². The Hall–Kier alpha value is -3.22. The van der Waals surface area contributed by atoms with Gasteiger partial charge in [0.05, 0.1) is 40.9 Å². The van der Waals surface area contributed by atoms with Crippen molar-refractivity contribution in [3.8, 4) is 11.4 Å². The van der Waals surface area contributed by atoms with Crippen LogP contribution >= 0.6 is 0 Å². The molecule has 0 atom stereocenters. The smallest absolute Gasteiger partial charge is 0.316 e. The van der Waals surface area contributed by atoms with Gasteiger partial charge in [0.25, 0.3) is 5.91 Å². The number of fused-ring (bicyclic) bond motifs is 1. The number of aromatic nitrogens is 5. The zero-order valence-corrected chi connectivity index (χ0v) is 19.2. The van der Waals surface area contributed by atoms with E-state index in [-0.39, 0.29) is 40.2 Å². The Balaban J connectivity index is 1.58. The predicted octanol–water partition coefficient (Wildman–Crippen LogP) is 3.06. The lowest BCUT2D eigenvalue weighted by Crippen LogP contribution is -2.26. The molecule has 0 bridgehead atoms. The standard InChI is InChI=1S/C21H21F3N6O3S/c1-3-34(32,33)20-18(27-17(28(20)2)13-7-26-29(10-13)9-12-4-5-12)30-11-16-15(19(30)31)6-14(8-25-16)21(22,23)24/h6-8,10,12H,3-5,9,11H2,1-2H3. The van der Waals surface area contributed by atoms with Crippen LogP contribution in [0.25, 0.3) is 11.4 Å². The van der Waals surface area contributed by atoms with E-state index in [9.17, 15) is 26.4 Å². The summed E-state index contributed by atoms with van der Waals surface area (Å²) >= 11 is 0. The van der Waals surface area contributed by atoms with Gasteiger partial charge in [-0.15, -0.1) is 0 Å². The van der Waals surface area contributed by atoms with Crippen molar-refractivity contribution in [2.24, 2.45) is 13.0 Å². The fourth-order valence-corrected chi connectivity index (χ4v) is 5.24. The van der Waals surface area contributed by atoms with Crippen molar-refractivity contribution >= 4 is 21.6 Å². The third kappa shape index (κ3) is 3.77. The zero-order valence-electron chi connectivity index (χ0n) is 18.4. The van der Waals surface area contributed by atoms with Crippen molar-refractivity contribution in [3.05, 3.63) is 41.5 Å². The highest BCUT2D eigenvalue weighted by Gasteiger charge is 2.40. The van der Waals surface area contributed by atoms with Crippen LogP contribution in [0.5, 0.6) is 0 Å². The lowest BCUT2D eigenvalue weighted by Gasteiger charge is -2.15. The lowest BCUT2D eigenvalue weighted by molar-refractivity contribution is -0.137. The number of hydrogen-bond acceptors (Lipinski definition) is 6. The summed E-state index contributed by atoms with van der Waals surface area (Å²) in [5.74, 6) is -0.292. The summed E-state index contributed by atoms with van der Waals surface area (Å²) < 4.78 is 68.5. The van der Waals surface area contributed by atoms with Crippen LogP contribution in [0.2, 0.25) is 0 Å². The summed E-state index contributed by atoms with van der Waals surface area (Å²) in [5, 5.41) is 4.15. The maximum atomic E-state index is 13.1. The number of imidazole rings is 1. The molecule has 0 saturated heterocycles. The number of pyridine rings is 1. The average molecular weight is 494 g/mol. The summed E-state index contributed by atoms with van der Waals surface area (Å²) in [5.41, 5.74) is -0.572. The highest BCUT2D eigenvalue weighted by Crippen LogP contribution is 2.37. The van der Waals surface area contributed by atoms with Gasteiger partial charge in [0, 0.05) is 26.0 Å². The van der Waals surface area contributed by atoms with Crippen LogP contribution in [-0.2, 0) is 36.2 Å². The number of carbonyl (C=O) groups excluding carboxylic acids is 1. The Morgan fingerprint density at radius 2 is 1.94 bits per heavy atom. The van der Waals surface area contributed by atoms with Gasteiger partial charge in [-0.25, -0.2) is 13.4 Å². The second-order valence-electron chi connectivity index (χ2n) is 8.53. The van der Waals surface area contributed by atoms with E-state index in [1.807, 2.05) is 0 Å². The first-order chi connectivity index (χ1) is 16.0. The van der Waals surface area contributed by atoms with Crippen LogP contribution in [0.4, 0.5) is 19.0 Å². The highest BCUT2D eigenvalue weighted by molar-refractivity contribution is 7.91. The number of hydrogen-bond donors (Lipinski definition) is 0. The Morgan fingerprint density at radius 1 is 1.21 bits per heavy atom. The molecule has 0 unspecified atom stereocenters. The van der Waals surface area contributed by atoms with Gasteiger partial charge in [0.15, 0.2) is 20.7 Å². The monoisotopic (exact) mass is 494 g/mol. The average Bonchev–Trinajstić information content (AvgIpc) is 3.20. The Labute approximate surface area is 193 Å². The topological polar surface area (TPSA) is 103 Å². The summed E-state index contributed by atoms with van der Waals surface area (Å²) in [4.78, 5) is 22.4. The molecule has 0 aromatic carbocycles. The molecule has 1 aliphatic carbocycles. The van der Waals surface area contributed by atoms with E-state index in [1.54, 1.807) is 17.1 Å². The third-order valence-corrected chi connectivity index (χ3v) is 7.88. The van der Waals surface area contributed by atoms with Crippen LogP contribution in [0.1, 0.15) is 41.4 Å². The molecule has 3 aromatic rings. The van der Waals surface area contributed by atoms with E-state index in [2.05, 4.69) is 15.1 Å². The summed E-state index contributed by atoms with van der Waals surface area (Å²) in [6, 6.07) is 0.741. The van der Waals surface area contributed by atoms with E-state index >= 15 is 0 Å². The summed E-state index contributed by atoms with van der Waals surface area (Å²) in [6.45, 7) is 2.04. The number of amides is 1. The summed E-state index contributed by atoms with van der Waals surface area (Å²) in [6.07, 6.45) is 1.63. The SMILES string of the molecule is CCS(=O)(=O)c1c(N2Cc3ncc(C(F)(F)F)cc3C2=O)nc(-c2cnn(CC3CC3)c2)n1C. The van der Waals surface area contributed by atoms with E-state index < -0.39 is 27.5 Å². The van der Waals surface area contributed by atoms with Gasteiger partial charge in [0.1, 0.15) is 5.82 Å². The maximum Gasteiger partial charge on any atom is 0.417 e. The van der Waals surface area contributed by atoms with E-state index in [4.69, 9.17) is 0 Å². The van der Waals surface area contributed by atoms with Crippen molar-refractivity contribution < 1.29 is 26.4 Å². The van der Waals surface area contributed by atoms with Crippen molar-refractivity contribution in [2.75, 3.05) is 10.7 Å². The van der Waals surface area contributed by atoms with E-state index in [0.29, 0.717) is 17.7 Å². The molecule has 3 aromatic heterocycles. The third-order valence-electron chi connectivity index (χ3n) is 6.07. The number of carbonyl (C=O) groups is 1. The quantitative estimate of drug-likeness (QED) is 0.522. The predicted molar refractivity (Wildman–Crippen MR) is 115 cm³/mol. The molecule has 1 amide bonds. The fraction of sp³-hybridized carbons (Fsp3) is 0.429. The first kappa shape index (κ1) is 22.6. The Bertz CT molecular complexity index is 1410. The first-order valence-electron chi connectivity index (χ1n) is 10.7. The molecule has 1 saturated carbocycles. The second-order valence-corrected chi connectivity index (χ2v) is 10.7. The molecule has 34 heavy (non-hydrogen) atoms. The van der Waals surface area contributed by atoms with Crippen molar-refractivity contribution in [3.63, 3.8) is 0 Å². The van der Waals surface area contributed by atoms with Crippen LogP contribution in [0.3, 0.4) is 0 Å². The van der Waals surface area contributed by atoms with Gasteiger partial charge < -0.3 is 4.57 Å². The maximum absolute atomic E-state index is 13.1. The van der Waals surface area contributed by atoms with Gasteiger partial charge in [-0.3, -0.25) is 19.4 Å². The minimum atomic E-state index is -4.66. The van der Waals surface area contributed by atoms with E-state index in [1.165, 1.54) is 18.5 Å². The zero-order chi connectivity index (χ0) is 24.4. The lowest BCUT2D eigenvalue weighted by atomic mass is 10.1. The second kappa shape index (κ2) is 7.65. The van der Waals surface area contributed by atoms with Gasteiger partial charge >= 0.3 is 6.18 Å². The number of alkyl halides is 3. The molecule has 1 aliphatic heterocycles. The van der Waals surface area contributed by atoms with Crippen LogP contribution in [0.15, 0.2) is 29.7 Å². The molecule has 0 spiro atoms. The number of halogens is 3. The van der Waals surface area contributed by atoms with Crippen molar-refractivity contribution in [1.29, 1.82) is 0 Å². The number of rotatable bonds is 6. The minimum Gasteiger partial charge on any atom is -0.316 e. The summed E-state index contributed by atoms with van der Waals surface area (Å²) in [7, 11) is -2.32. The van der Waals surface area contributed by atoms with Gasteiger partial charge in [-0.1, -0.05) is 6.92 Å². The fourth-order valence-electron chi connectivity index (χ4n) is 4.03.